The number of esters is 2. The van der Waals surface area contributed by atoms with E-state index < -0.39 is 11.9 Å². The lowest BCUT2D eigenvalue weighted by Crippen LogP contribution is -2.52. The molecule has 0 spiro atoms. The molecule has 2 aliphatic rings. The second-order valence-electron chi connectivity index (χ2n) is 18.6. The van der Waals surface area contributed by atoms with E-state index in [1.807, 2.05) is 36.4 Å². The molecule has 18 nitrogen and oxygen atoms in total. The molecule has 400 valence electrons. The normalized spacial score (nSPS) is 18.8. The van der Waals surface area contributed by atoms with E-state index in [1.54, 1.807) is 85.3 Å². The summed E-state index contributed by atoms with van der Waals surface area (Å²) in [5.74, 6) is 5.61. The van der Waals surface area contributed by atoms with Gasteiger partial charge in [-0.3, -0.25) is 9.59 Å². The van der Waals surface area contributed by atoms with Crippen LogP contribution in [-0.2, 0) is 38.3 Å². The first kappa shape index (κ1) is 55.7. The van der Waals surface area contributed by atoms with Crippen LogP contribution in [0.2, 0.25) is 0 Å². The second-order valence-corrected chi connectivity index (χ2v) is 18.6. The number of carbonyl (C=O) groups is 2. The number of hydrogen-bond donors (Lipinski definition) is 0. The van der Waals surface area contributed by atoms with Crippen LogP contribution in [-0.4, -0.2) is 160 Å². The number of hydrogen-bond acceptors (Lipinski definition) is 16. The third-order valence-corrected chi connectivity index (χ3v) is 14.5. The average molecular weight is 1020 g/mol. The minimum absolute atomic E-state index is 0.0974. The summed E-state index contributed by atoms with van der Waals surface area (Å²) >= 11 is 0. The Bertz CT molecular complexity index is 2520. The number of methoxy groups -OCH3 is 12. The molecule has 73 heavy (non-hydrogen) atoms. The van der Waals surface area contributed by atoms with Crippen molar-refractivity contribution in [3.63, 3.8) is 0 Å². The molecule has 4 atom stereocenters. The number of carbonyl (C=O) groups excluding carboxylic acids is 2. The van der Waals surface area contributed by atoms with E-state index in [0.717, 1.165) is 59.3 Å². The minimum atomic E-state index is -0.469. The fourth-order valence-electron chi connectivity index (χ4n) is 10.9. The number of rotatable bonds is 26. The molecule has 2 aliphatic heterocycles. The van der Waals surface area contributed by atoms with Gasteiger partial charge < -0.3 is 75.3 Å². The SMILES string of the molecule is COc1cc(CC2c3c(cc(OC)c(OC)c3OC)CC[N+]2(C)CCCOC(=O)CCC(=O)OCCC[N+]2(C)CCc3cc(OC)c(OC)c(OC)c3C2c2cc(OC)c(OC)c(OC)c2)cc(OC)c1OC. The zero-order chi connectivity index (χ0) is 53.0. The topological polar surface area (TPSA) is 163 Å². The number of ether oxygens (including phenoxy) is 14. The molecule has 6 rings (SSSR count). The summed E-state index contributed by atoms with van der Waals surface area (Å²) in [6.45, 7) is 3.22. The van der Waals surface area contributed by atoms with Crippen molar-refractivity contribution in [1.29, 1.82) is 0 Å². The molecule has 4 aromatic rings. The molecule has 4 aromatic carbocycles. The zero-order valence-corrected chi connectivity index (χ0v) is 45.2. The van der Waals surface area contributed by atoms with Crippen LogP contribution in [0.3, 0.4) is 0 Å². The number of nitrogens with zero attached hydrogens (tertiary/aromatic N) is 2. The van der Waals surface area contributed by atoms with E-state index in [0.29, 0.717) is 110 Å². The van der Waals surface area contributed by atoms with E-state index in [9.17, 15) is 9.59 Å². The molecule has 0 bridgehead atoms. The lowest BCUT2D eigenvalue weighted by atomic mass is 9.84. The van der Waals surface area contributed by atoms with Crippen LogP contribution < -0.4 is 56.8 Å². The Morgan fingerprint density at radius 1 is 0.452 bits per heavy atom. The van der Waals surface area contributed by atoms with Gasteiger partial charge in [0.05, 0.1) is 163 Å². The number of fused-ring (bicyclic) bond motifs is 2. The third-order valence-electron chi connectivity index (χ3n) is 14.5. The van der Waals surface area contributed by atoms with Gasteiger partial charge in [-0.25, -0.2) is 0 Å². The summed E-state index contributed by atoms with van der Waals surface area (Å²) in [5, 5.41) is 0. The molecule has 0 aliphatic carbocycles. The third kappa shape index (κ3) is 11.6. The highest BCUT2D eigenvalue weighted by molar-refractivity contribution is 5.77. The van der Waals surface area contributed by atoms with Crippen molar-refractivity contribution in [2.45, 2.75) is 57.0 Å². The Morgan fingerprint density at radius 2 is 0.822 bits per heavy atom. The van der Waals surface area contributed by atoms with Gasteiger partial charge in [-0.15, -0.1) is 0 Å². The van der Waals surface area contributed by atoms with Gasteiger partial charge in [-0.1, -0.05) is 0 Å². The first-order valence-electron chi connectivity index (χ1n) is 24.4. The van der Waals surface area contributed by atoms with Crippen molar-refractivity contribution >= 4 is 11.9 Å². The molecule has 2 heterocycles. The van der Waals surface area contributed by atoms with Crippen LogP contribution in [0.5, 0.6) is 69.0 Å². The molecule has 18 heteroatoms. The van der Waals surface area contributed by atoms with Gasteiger partial charge in [0.25, 0.3) is 0 Å². The van der Waals surface area contributed by atoms with Crippen molar-refractivity contribution in [3.05, 3.63) is 69.8 Å². The second kappa shape index (κ2) is 24.8. The van der Waals surface area contributed by atoms with Crippen LogP contribution >= 0.6 is 0 Å². The molecule has 0 radical (unpaired) electrons. The molecule has 0 saturated carbocycles. The maximum atomic E-state index is 13.1. The predicted molar refractivity (Wildman–Crippen MR) is 272 cm³/mol. The van der Waals surface area contributed by atoms with E-state index in [4.69, 9.17) is 66.3 Å². The summed E-state index contributed by atoms with van der Waals surface area (Å²) in [7, 11) is 23.6. The highest BCUT2D eigenvalue weighted by Crippen LogP contribution is 2.54. The quantitative estimate of drug-likeness (QED) is 0.0345. The van der Waals surface area contributed by atoms with Crippen molar-refractivity contribution in [1.82, 2.24) is 0 Å². The predicted octanol–water partition coefficient (Wildman–Crippen LogP) is 7.52. The van der Waals surface area contributed by atoms with Crippen LogP contribution in [0.1, 0.15) is 71.1 Å². The molecular weight excluding hydrogens is 945 g/mol. The molecule has 0 saturated heterocycles. The highest BCUT2D eigenvalue weighted by atomic mass is 16.6. The molecule has 0 amide bonds. The molecular formula is C55H76N2O16+2. The molecule has 4 unspecified atom stereocenters. The zero-order valence-electron chi connectivity index (χ0n) is 45.2. The van der Waals surface area contributed by atoms with Gasteiger partial charge in [0.1, 0.15) is 12.1 Å². The standard InChI is InChI=1S/C55H76N2O16/c1-56(23-19-35-30-43(64-7)52(68-11)54(70-13)47(35)38(56)27-34-28-39(60-3)50(66-9)40(29-34)61-4)21-15-25-72-45(58)17-18-46(59)73-26-16-22-57(2)24-20-36-31-44(65-8)53(69-12)55(71-14)48(36)49(57)37-32-41(62-5)51(67-10)42(33-37)63-6/h28-33,38,49H,15-27H2,1-14H3/q+2. The average Bonchev–Trinajstić information content (AvgIpc) is 3.41. The number of likely N-dealkylation sites (N-methyl/N-ethyl adjacent to an activating group) is 2. The fraction of sp³-hybridized carbons (Fsp3) is 0.527. The van der Waals surface area contributed by atoms with Crippen molar-refractivity contribution in [3.8, 4) is 69.0 Å². The van der Waals surface area contributed by atoms with Gasteiger partial charge in [0.2, 0.25) is 23.0 Å². The monoisotopic (exact) mass is 1020 g/mol. The maximum absolute atomic E-state index is 13.1. The van der Waals surface area contributed by atoms with Gasteiger partial charge in [-0.05, 0) is 53.1 Å². The summed E-state index contributed by atoms with van der Waals surface area (Å²) in [6, 6.07) is 11.5. The highest BCUT2D eigenvalue weighted by Gasteiger charge is 2.46. The Kier molecular flexibility index (Phi) is 18.9. The summed E-state index contributed by atoms with van der Waals surface area (Å²) in [6.07, 6.45) is 3.01. The first-order valence-corrected chi connectivity index (χ1v) is 24.4. The maximum Gasteiger partial charge on any atom is 0.306 e. The number of benzene rings is 4. The smallest absolute Gasteiger partial charge is 0.306 e. The molecule has 0 N–H and O–H groups in total. The Balaban J connectivity index is 1.09. The van der Waals surface area contributed by atoms with Crippen LogP contribution in [0, 0.1) is 0 Å². The van der Waals surface area contributed by atoms with E-state index in [-0.39, 0.29) is 38.1 Å². The van der Waals surface area contributed by atoms with E-state index in [2.05, 4.69) is 14.1 Å². The Labute approximate surface area is 430 Å². The summed E-state index contributed by atoms with van der Waals surface area (Å²) < 4.78 is 82.3. The van der Waals surface area contributed by atoms with Crippen molar-refractivity contribution in [2.75, 3.05) is 139 Å². The van der Waals surface area contributed by atoms with Gasteiger partial charge in [-0.2, -0.15) is 0 Å². The Hall–Kier alpha value is -6.66. The van der Waals surface area contributed by atoms with Crippen LogP contribution in [0.4, 0.5) is 0 Å². The van der Waals surface area contributed by atoms with Crippen molar-refractivity contribution < 1.29 is 84.9 Å². The fourth-order valence-corrected chi connectivity index (χ4v) is 10.9. The van der Waals surface area contributed by atoms with Gasteiger partial charge >= 0.3 is 11.9 Å². The lowest BCUT2D eigenvalue weighted by Gasteiger charge is -2.46. The van der Waals surface area contributed by atoms with Gasteiger partial charge in [0, 0.05) is 37.7 Å². The van der Waals surface area contributed by atoms with Crippen LogP contribution in [0.25, 0.3) is 0 Å². The van der Waals surface area contributed by atoms with E-state index >= 15 is 0 Å². The van der Waals surface area contributed by atoms with Crippen LogP contribution in [0.15, 0.2) is 36.4 Å². The number of quaternary nitrogens is 2. The first-order chi connectivity index (χ1) is 35.2. The van der Waals surface area contributed by atoms with E-state index in [1.165, 1.54) is 0 Å². The minimum Gasteiger partial charge on any atom is -0.493 e. The molecule has 0 fully saturated rings. The summed E-state index contributed by atoms with van der Waals surface area (Å²) in [5.41, 5.74) is 6.03. The van der Waals surface area contributed by atoms with Crippen molar-refractivity contribution in [2.24, 2.45) is 0 Å². The Morgan fingerprint density at radius 3 is 1.25 bits per heavy atom. The lowest BCUT2D eigenvalue weighted by molar-refractivity contribution is -0.941. The summed E-state index contributed by atoms with van der Waals surface area (Å²) in [4.78, 5) is 26.2. The largest absolute Gasteiger partial charge is 0.493 e. The van der Waals surface area contributed by atoms with Gasteiger partial charge in [0.15, 0.2) is 46.0 Å². The molecule has 0 aromatic heterocycles.